The first-order valence-electron chi connectivity index (χ1n) is 5.61. The second kappa shape index (κ2) is 6.00. The number of carbonyl (C=O) groups is 1. The molecule has 1 amide bonds. The quantitative estimate of drug-likeness (QED) is 0.916. The lowest BCUT2D eigenvalue weighted by Gasteiger charge is -2.07. The highest BCUT2D eigenvalue weighted by atomic mass is 79.9. The number of carbonyl (C=O) groups excluding carboxylic acids is 1. The molecule has 2 aromatic carbocycles. The van der Waals surface area contributed by atoms with E-state index in [9.17, 15) is 13.6 Å². The van der Waals surface area contributed by atoms with E-state index in [0.29, 0.717) is 4.47 Å². The first-order valence-corrected chi connectivity index (χ1v) is 6.40. The highest BCUT2D eigenvalue weighted by Gasteiger charge is 2.11. The highest BCUT2D eigenvalue weighted by molar-refractivity contribution is 9.10. The van der Waals surface area contributed by atoms with E-state index in [0.717, 1.165) is 6.07 Å². The maximum Gasteiger partial charge on any atom is 0.255 e. The van der Waals surface area contributed by atoms with E-state index >= 15 is 0 Å². The van der Waals surface area contributed by atoms with E-state index in [2.05, 4.69) is 21.2 Å². The normalized spacial score (nSPS) is 10.2. The summed E-state index contributed by atoms with van der Waals surface area (Å²) < 4.78 is 31.9. The van der Waals surface area contributed by atoms with Crippen molar-refractivity contribution in [2.75, 3.05) is 12.4 Å². The van der Waals surface area contributed by atoms with Gasteiger partial charge in [-0.1, -0.05) is 0 Å². The first kappa shape index (κ1) is 14.5. The zero-order valence-corrected chi connectivity index (χ0v) is 12.0. The van der Waals surface area contributed by atoms with Gasteiger partial charge in [0.25, 0.3) is 5.91 Å². The summed E-state index contributed by atoms with van der Waals surface area (Å²) in [4.78, 5) is 11.9. The Balaban J connectivity index is 2.19. The van der Waals surface area contributed by atoms with Crippen LogP contribution in [0.4, 0.5) is 14.5 Å². The molecule has 20 heavy (non-hydrogen) atoms. The number of benzene rings is 2. The molecule has 2 rings (SSSR count). The molecule has 6 heteroatoms. The third-order valence-corrected chi connectivity index (χ3v) is 3.23. The van der Waals surface area contributed by atoms with Gasteiger partial charge < -0.3 is 10.1 Å². The minimum absolute atomic E-state index is 0.0521. The number of hydrogen-bond acceptors (Lipinski definition) is 2. The largest absolute Gasteiger partial charge is 0.494 e. The Morgan fingerprint density at radius 2 is 1.90 bits per heavy atom. The molecule has 0 aliphatic rings. The number of ether oxygens (including phenoxy) is 1. The summed E-state index contributed by atoms with van der Waals surface area (Å²) in [7, 11) is 1.34. The maximum atomic E-state index is 13.5. The predicted molar refractivity (Wildman–Crippen MR) is 75.0 cm³/mol. The Bertz CT molecular complexity index is 662. The third kappa shape index (κ3) is 3.14. The lowest BCUT2D eigenvalue weighted by atomic mass is 10.2. The molecule has 0 radical (unpaired) electrons. The third-order valence-electron chi connectivity index (χ3n) is 2.59. The van der Waals surface area contributed by atoms with Gasteiger partial charge in [0.05, 0.1) is 11.6 Å². The van der Waals surface area contributed by atoms with Crippen LogP contribution in [0.2, 0.25) is 0 Å². The number of rotatable bonds is 3. The second-order valence-corrected chi connectivity index (χ2v) is 4.79. The van der Waals surface area contributed by atoms with E-state index in [4.69, 9.17) is 4.74 Å². The fraction of sp³-hybridized carbons (Fsp3) is 0.0714. The summed E-state index contributed by atoms with van der Waals surface area (Å²) in [6.45, 7) is 0. The van der Waals surface area contributed by atoms with Crippen LogP contribution in [0, 0.1) is 11.6 Å². The predicted octanol–water partition coefficient (Wildman–Crippen LogP) is 3.99. The van der Waals surface area contributed by atoms with Crippen LogP contribution in [0.3, 0.4) is 0 Å². The Morgan fingerprint density at radius 3 is 2.50 bits per heavy atom. The minimum atomic E-state index is -0.637. The summed E-state index contributed by atoms with van der Waals surface area (Å²) in [5.41, 5.74) is 0.401. The van der Waals surface area contributed by atoms with Crippen molar-refractivity contribution in [3.05, 3.63) is 58.1 Å². The SMILES string of the molecule is COc1ccc(C(=O)Nc2ccc(Br)c(F)c2)cc1F. The van der Waals surface area contributed by atoms with Crippen LogP contribution < -0.4 is 10.1 Å². The van der Waals surface area contributed by atoms with Crippen LogP contribution in [0.15, 0.2) is 40.9 Å². The van der Waals surface area contributed by atoms with Gasteiger partial charge in [0.2, 0.25) is 0 Å². The van der Waals surface area contributed by atoms with Crippen molar-refractivity contribution in [1.82, 2.24) is 0 Å². The molecule has 2 aromatic rings. The average Bonchev–Trinajstić information content (AvgIpc) is 2.42. The smallest absolute Gasteiger partial charge is 0.255 e. The molecular formula is C14H10BrF2NO2. The van der Waals surface area contributed by atoms with Gasteiger partial charge in [0.1, 0.15) is 5.82 Å². The monoisotopic (exact) mass is 341 g/mol. The molecule has 0 aliphatic carbocycles. The number of anilines is 1. The van der Waals surface area contributed by atoms with Gasteiger partial charge in [-0.05, 0) is 52.3 Å². The molecule has 0 spiro atoms. The standard InChI is InChI=1S/C14H10BrF2NO2/c1-20-13-5-2-8(6-12(13)17)14(19)18-9-3-4-10(15)11(16)7-9/h2-7H,1H3,(H,18,19). The van der Waals surface area contributed by atoms with Crippen molar-refractivity contribution in [3.63, 3.8) is 0 Å². The molecule has 0 saturated carbocycles. The van der Waals surface area contributed by atoms with E-state index in [1.807, 2.05) is 0 Å². The van der Waals surface area contributed by atoms with Crippen LogP contribution in [0.1, 0.15) is 10.4 Å². The molecular weight excluding hydrogens is 332 g/mol. The Hall–Kier alpha value is -1.95. The van der Waals surface area contributed by atoms with Gasteiger partial charge in [-0.2, -0.15) is 0 Å². The Kier molecular flexibility index (Phi) is 4.34. The number of methoxy groups -OCH3 is 1. The molecule has 0 aliphatic heterocycles. The summed E-state index contributed by atoms with van der Waals surface area (Å²) >= 11 is 3.01. The summed E-state index contributed by atoms with van der Waals surface area (Å²) in [6.07, 6.45) is 0. The van der Waals surface area contributed by atoms with Crippen molar-refractivity contribution >= 4 is 27.5 Å². The molecule has 0 unspecified atom stereocenters. The van der Waals surface area contributed by atoms with Gasteiger partial charge in [0, 0.05) is 11.3 Å². The Labute approximate surface area is 122 Å². The van der Waals surface area contributed by atoms with Crippen LogP contribution in [0.5, 0.6) is 5.75 Å². The molecule has 0 atom stereocenters. The Morgan fingerprint density at radius 1 is 1.15 bits per heavy atom. The summed E-state index contributed by atoms with van der Waals surface area (Å²) in [5.74, 6) is -1.62. The number of halogens is 3. The second-order valence-electron chi connectivity index (χ2n) is 3.93. The van der Waals surface area contributed by atoms with Crippen LogP contribution in [-0.4, -0.2) is 13.0 Å². The first-order chi connectivity index (χ1) is 9.51. The van der Waals surface area contributed by atoms with Gasteiger partial charge in [0.15, 0.2) is 11.6 Å². The van der Waals surface area contributed by atoms with E-state index < -0.39 is 17.5 Å². The van der Waals surface area contributed by atoms with E-state index in [1.54, 1.807) is 0 Å². The fourth-order valence-corrected chi connectivity index (χ4v) is 1.83. The van der Waals surface area contributed by atoms with Crippen molar-refractivity contribution in [2.24, 2.45) is 0 Å². The molecule has 0 saturated heterocycles. The lowest BCUT2D eigenvalue weighted by Crippen LogP contribution is -2.12. The summed E-state index contributed by atoms with van der Waals surface area (Å²) in [5, 5.41) is 2.48. The molecule has 0 heterocycles. The highest BCUT2D eigenvalue weighted by Crippen LogP contribution is 2.21. The average molecular weight is 342 g/mol. The van der Waals surface area contributed by atoms with Gasteiger partial charge >= 0.3 is 0 Å². The molecule has 3 nitrogen and oxygen atoms in total. The number of nitrogens with one attached hydrogen (secondary N) is 1. The van der Waals surface area contributed by atoms with Gasteiger partial charge in [-0.3, -0.25) is 4.79 Å². The van der Waals surface area contributed by atoms with E-state index in [1.165, 1.54) is 37.4 Å². The summed E-state index contributed by atoms with van der Waals surface area (Å²) in [6, 6.07) is 8.01. The molecule has 1 N–H and O–H groups in total. The maximum absolute atomic E-state index is 13.5. The molecule has 0 aromatic heterocycles. The molecule has 0 bridgehead atoms. The number of hydrogen-bond donors (Lipinski definition) is 1. The van der Waals surface area contributed by atoms with Gasteiger partial charge in [-0.15, -0.1) is 0 Å². The van der Waals surface area contributed by atoms with Crippen molar-refractivity contribution in [3.8, 4) is 5.75 Å². The zero-order chi connectivity index (χ0) is 14.7. The topological polar surface area (TPSA) is 38.3 Å². The molecule has 0 fully saturated rings. The van der Waals surface area contributed by atoms with Crippen LogP contribution in [-0.2, 0) is 0 Å². The van der Waals surface area contributed by atoms with Crippen molar-refractivity contribution in [1.29, 1.82) is 0 Å². The lowest BCUT2D eigenvalue weighted by molar-refractivity contribution is 0.102. The van der Waals surface area contributed by atoms with E-state index in [-0.39, 0.29) is 17.0 Å². The van der Waals surface area contributed by atoms with Crippen molar-refractivity contribution in [2.45, 2.75) is 0 Å². The minimum Gasteiger partial charge on any atom is -0.494 e. The fourth-order valence-electron chi connectivity index (χ4n) is 1.58. The van der Waals surface area contributed by atoms with Gasteiger partial charge in [-0.25, -0.2) is 8.78 Å². The van der Waals surface area contributed by atoms with Crippen LogP contribution >= 0.6 is 15.9 Å². The van der Waals surface area contributed by atoms with Crippen LogP contribution in [0.25, 0.3) is 0 Å². The zero-order valence-electron chi connectivity index (χ0n) is 10.4. The van der Waals surface area contributed by atoms with Crippen molar-refractivity contribution < 1.29 is 18.3 Å². The number of amides is 1. The molecule has 104 valence electrons.